The molecule has 2 rings (SSSR count). The lowest BCUT2D eigenvalue weighted by atomic mass is 10.2. The van der Waals surface area contributed by atoms with Crippen LogP contribution in [0.15, 0.2) is 18.2 Å². The molecule has 0 aliphatic carbocycles. The van der Waals surface area contributed by atoms with Gasteiger partial charge in [-0.15, -0.1) is 0 Å². The summed E-state index contributed by atoms with van der Waals surface area (Å²) in [6.07, 6.45) is 0. The van der Waals surface area contributed by atoms with E-state index < -0.39 is 5.97 Å². The minimum Gasteiger partial charge on any atom is -0.478 e. The molecule has 1 aliphatic rings. The fourth-order valence-electron chi connectivity index (χ4n) is 1.59. The van der Waals surface area contributed by atoms with Crippen molar-refractivity contribution in [3.8, 4) is 0 Å². The second-order valence-corrected chi connectivity index (χ2v) is 3.94. The molecular weight excluding hydrogens is 180 g/mol. The van der Waals surface area contributed by atoms with Crippen LogP contribution >= 0.6 is 0 Å². The second kappa shape index (κ2) is 2.64. The summed E-state index contributed by atoms with van der Waals surface area (Å²) in [6, 6.07) is 5.01. The van der Waals surface area contributed by atoms with E-state index in [4.69, 9.17) is 5.11 Å². The lowest BCUT2D eigenvalue weighted by Crippen LogP contribution is -2.33. The molecule has 0 atom stereocenters. The molecule has 0 unspecified atom stereocenters. The summed E-state index contributed by atoms with van der Waals surface area (Å²) in [6.45, 7) is 3.99. The molecule has 1 aromatic carbocycles. The van der Waals surface area contributed by atoms with Crippen LogP contribution in [0.25, 0.3) is 0 Å². The topological polar surface area (TPSA) is 61.4 Å². The number of fused-ring (bicyclic) bond motifs is 1. The molecule has 0 radical (unpaired) electrons. The fraction of sp³-hybridized carbons (Fsp3) is 0.300. The van der Waals surface area contributed by atoms with Gasteiger partial charge in [-0.3, -0.25) is 0 Å². The number of carboxylic acids is 1. The Bertz CT molecular complexity index is 399. The molecule has 0 fully saturated rings. The average Bonchev–Trinajstić information content (AvgIpc) is 2.36. The first-order chi connectivity index (χ1) is 6.48. The van der Waals surface area contributed by atoms with Crippen molar-refractivity contribution in [1.29, 1.82) is 0 Å². The maximum absolute atomic E-state index is 10.7. The van der Waals surface area contributed by atoms with Gasteiger partial charge in [0.15, 0.2) is 0 Å². The van der Waals surface area contributed by atoms with Crippen LogP contribution in [0.4, 0.5) is 11.4 Å². The minimum atomic E-state index is -0.903. The summed E-state index contributed by atoms with van der Waals surface area (Å²) < 4.78 is 0. The van der Waals surface area contributed by atoms with E-state index in [0.717, 1.165) is 11.4 Å². The highest BCUT2D eigenvalue weighted by Crippen LogP contribution is 2.33. The number of hydrogen-bond donors (Lipinski definition) is 3. The van der Waals surface area contributed by atoms with Crippen molar-refractivity contribution in [2.45, 2.75) is 19.5 Å². The van der Waals surface area contributed by atoms with E-state index in [1.165, 1.54) is 0 Å². The fourth-order valence-corrected chi connectivity index (χ4v) is 1.59. The number of anilines is 2. The van der Waals surface area contributed by atoms with E-state index in [9.17, 15) is 4.79 Å². The Hall–Kier alpha value is -1.71. The normalized spacial score (nSPS) is 16.7. The van der Waals surface area contributed by atoms with Crippen molar-refractivity contribution < 1.29 is 9.90 Å². The zero-order valence-electron chi connectivity index (χ0n) is 8.09. The Morgan fingerprint density at radius 2 is 1.93 bits per heavy atom. The highest BCUT2D eigenvalue weighted by atomic mass is 16.4. The zero-order chi connectivity index (χ0) is 10.3. The summed E-state index contributed by atoms with van der Waals surface area (Å²) in [4.78, 5) is 10.7. The molecule has 0 amide bonds. The maximum Gasteiger partial charge on any atom is 0.335 e. The lowest BCUT2D eigenvalue weighted by Gasteiger charge is -2.19. The Kier molecular flexibility index (Phi) is 1.67. The second-order valence-electron chi connectivity index (χ2n) is 3.94. The largest absolute Gasteiger partial charge is 0.478 e. The number of rotatable bonds is 1. The molecule has 0 bridgehead atoms. The van der Waals surface area contributed by atoms with Gasteiger partial charge in [0.1, 0.15) is 5.66 Å². The van der Waals surface area contributed by atoms with Crippen LogP contribution in [0, 0.1) is 0 Å². The molecule has 1 aliphatic heterocycles. The van der Waals surface area contributed by atoms with E-state index in [2.05, 4.69) is 10.6 Å². The van der Waals surface area contributed by atoms with Crippen LogP contribution < -0.4 is 10.6 Å². The van der Waals surface area contributed by atoms with Gasteiger partial charge in [0.05, 0.1) is 16.9 Å². The Labute approximate surface area is 81.9 Å². The van der Waals surface area contributed by atoms with Crippen LogP contribution in [-0.2, 0) is 0 Å². The van der Waals surface area contributed by atoms with E-state index in [-0.39, 0.29) is 5.66 Å². The molecule has 4 heteroatoms. The van der Waals surface area contributed by atoms with Crippen molar-refractivity contribution in [3.05, 3.63) is 23.8 Å². The molecule has 3 N–H and O–H groups in total. The quantitative estimate of drug-likeness (QED) is 0.636. The van der Waals surface area contributed by atoms with Crippen molar-refractivity contribution in [2.24, 2.45) is 0 Å². The summed E-state index contributed by atoms with van der Waals surface area (Å²) in [7, 11) is 0. The number of benzene rings is 1. The van der Waals surface area contributed by atoms with Crippen molar-refractivity contribution >= 4 is 17.3 Å². The Morgan fingerprint density at radius 3 is 2.57 bits per heavy atom. The van der Waals surface area contributed by atoms with Crippen molar-refractivity contribution in [1.82, 2.24) is 0 Å². The number of nitrogens with one attached hydrogen (secondary N) is 2. The van der Waals surface area contributed by atoms with Gasteiger partial charge in [-0.2, -0.15) is 0 Å². The van der Waals surface area contributed by atoms with E-state index in [1.54, 1.807) is 18.2 Å². The third-order valence-corrected chi connectivity index (χ3v) is 2.16. The average molecular weight is 192 g/mol. The summed E-state index contributed by atoms with van der Waals surface area (Å²) in [5.41, 5.74) is 1.88. The Balaban J connectivity index is 2.40. The van der Waals surface area contributed by atoms with Crippen LogP contribution in [0.3, 0.4) is 0 Å². The maximum atomic E-state index is 10.7. The smallest absolute Gasteiger partial charge is 0.335 e. The van der Waals surface area contributed by atoms with Crippen molar-refractivity contribution in [2.75, 3.05) is 10.6 Å². The molecular formula is C10H12N2O2. The molecule has 14 heavy (non-hydrogen) atoms. The summed E-state index contributed by atoms with van der Waals surface area (Å²) >= 11 is 0. The first-order valence-corrected chi connectivity index (χ1v) is 4.42. The highest BCUT2D eigenvalue weighted by Gasteiger charge is 2.26. The van der Waals surface area contributed by atoms with Gasteiger partial charge in [0.25, 0.3) is 0 Å². The molecule has 4 nitrogen and oxygen atoms in total. The third kappa shape index (κ3) is 1.39. The van der Waals surface area contributed by atoms with Gasteiger partial charge in [0, 0.05) is 0 Å². The monoisotopic (exact) mass is 192 g/mol. The van der Waals surface area contributed by atoms with Crippen molar-refractivity contribution in [3.63, 3.8) is 0 Å². The molecule has 1 aromatic rings. The van der Waals surface area contributed by atoms with E-state index in [0.29, 0.717) is 5.56 Å². The number of aromatic carboxylic acids is 1. The molecule has 0 saturated heterocycles. The number of carbonyl (C=O) groups is 1. The SMILES string of the molecule is CC1(C)Nc2ccc(C(=O)O)cc2N1. The van der Waals surface area contributed by atoms with Crippen LogP contribution in [-0.4, -0.2) is 16.7 Å². The molecule has 74 valence electrons. The number of hydrogen-bond acceptors (Lipinski definition) is 3. The highest BCUT2D eigenvalue weighted by molar-refractivity contribution is 5.91. The van der Waals surface area contributed by atoms with Gasteiger partial charge in [0.2, 0.25) is 0 Å². The molecule has 0 spiro atoms. The first kappa shape index (κ1) is 8.87. The Morgan fingerprint density at radius 1 is 1.29 bits per heavy atom. The lowest BCUT2D eigenvalue weighted by molar-refractivity contribution is 0.0697. The standard InChI is InChI=1S/C10H12N2O2/c1-10(2)11-7-4-3-6(9(13)14)5-8(7)12-10/h3-5,11-12H,1-2H3,(H,13,14). The van der Waals surface area contributed by atoms with E-state index >= 15 is 0 Å². The van der Waals surface area contributed by atoms with Gasteiger partial charge in [-0.05, 0) is 32.0 Å². The number of carboxylic acid groups (broad SMARTS) is 1. The van der Waals surface area contributed by atoms with Gasteiger partial charge < -0.3 is 15.7 Å². The van der Waals surface area contributed by atoms with Gasteiger partial charge >= 0.3 is 5.97 Å². The first-order valence-electron chi connectivity index (χ1n) is 4.42. The molecule has 1 heterocycles. The third-order valence-electron chi connectivity index (χ3n) is 2.16. The summed E-state index contributed by atoms with van der Waals surface area (Å²) in [5.74, 6) is -0.903. The minimum absolute atomic E-state index is 0.209. The van der Waals surface area contributed by atoms with Gasteiger partial charge in [-0.1, -0.05) is 0 Å². The zero-order valence-corrected chi connectivity index (χ0v) is 8.09. The molecule has 0 aromatic heterocycles. The predicted molar refractivity (Wildman–Crippen MR) is 54.7 cm³/mol. The predicted octanol–water partition coefficient (Wildman–Crippen LogP) is 1.96. The van der Waals surface area contributed by atoms with E-state index in [1.807, 2.05) is 13.8 Å². The van der Waals surface area contributed by atoms with Crippen LogP contribution in [0.5, 0.6) is 0 Å². The van der Waals surface area contributed by atoms with Crippen LogP contribution in [0.1, 0.15) is 24.2 Å². The molecule has 0 saturated carbocycles. The van der Waals surface area contributed by atoms with Gasteiger partial charge in [-0.25, -0.2) is 4.79 Å². The van der Waals surface area contributed by atoms with Crippen LogP contribution in [0.2, 0.25) is 0 Å². The summed E-state index contributed by atoms with van der Waals surface area (Å²) in [5, 5.41) is 15.2.